The molecule has 0 aliphatic heterocycles. The van der Waals surface area contributed by atoms with Gasteiger partial charge in [0.1, 0.15) is 5.56 Å². The third-order valence-corrected chi connectivity index (χ3v) is 2.56. The summed E-state index contributed by atoms with van der Waals surface area (Å²) in [5, 5.41) is 8.39. The van der Waals surface area contributed by atoms with E-state index in [2.05, 4.69) is 4.74 Å². The fourth-order valence-electron chi connectivity index (χ4n) is 1.59. The molecule has 1 aromatic carbocycles. The molecule has 4 nitrogen and oxygen atoms in total. The second kappa shape index (κ2) is 6.36. The van der Waals surface area contributed by atoms with Gasteiger partial charge in [0, 0.05) is 12.0 Å². The minimum absolute atomic E-state index is 0.209. The summed E-state index contributed by atoms with van der Waals surface area (Å²) >= 11 is 0. The highest BCUT2D eigenvalue weighted by Gasteiger charge is 2.29. The minimum Gasteiger partial charge on any atom is -0.481 e. The lowest BCUT2D eigenvalue weighted by molar-refractivity contribution is -0.137. The first kappa shape index (κ1) is 15.9. The van der Waals surface area contributed by atoms with Crippen molar-refractivity contribution >= 4 is 11.9 Å². The molecule has 0 aromatic heterocycles. The van der Waals surface area contributed by atoms with Crippen LogP contribution in [0.2, 0.25) is 0 Å². The summed E-state index contributed by atoms with van der Waals surface area (Å²) in [6, 6.07) is 0. The van der Waals surface area contributed by atoms with Crippen LogP contribution in [0.5, 0.6) is 0 Å². The van der Waals surface area contributed by atoms with Crippen LogP contribution in [0, 0.1) is 23.3 Å². The van der Waals surface area contributed by atoms with Gasteiger partial charge in [0.15, 0.2) is 23.3 Å². The molecule has 110 valence electrons. The SMILES string of the molecule is COC(=O)c1c(F)c(F)c(CCCC(=O)O)c(F)c1F. The Morgan fingerprint density at radius 3 is 1.95 bits per heavy atom. The van der Waals surface area contributed by atoms with E-state index in [0.717, 1.165) is 7.11 Å². The number of hydrogen-bond donors (Lipinski definition) is 1. The van der Waals surface area contributed by atoms with Crippen molar-refractivity contribution < 1.29 is 37.0 Å². The number of halogens is 4. The van der Waals surface area contributed by atoms with Crippen molar-refractivity contribution in [2.45, 2.75) is 19.3 Å². The Hall–Kier alpha value is -2.12. The summed E-state index contributed by atoms with van der Waals surface area (Å²) < 4.78 is 58.3. The van der Waals surface area contributed by atoms with Crippen LogP contribution in [0.4, 0.5) is 17.6 Å². The van der Waals surface area contributed by atoms with Gasteiger partial charge in [0.25, 0.3) is 0 Å². The van der Waals surface area contributed by atoms with Crippen molar-refractivity contribution in [1.82, 2.24) is 0 Å². The smallest absolute Gasteiger partial charge is 0.344 e. The van der Waals surface area contributed by atoms with E-state index in [1.54, 1.807) is 0 Å². The number of carbonyl (C=O) groups is 2. The van der Waals surface area contributed by atoms with E-state index in [1.165, 1.54) is 0 Å². The fourth-order valence-corrected chi connectivity index (χ4v) is 1.59. The summed E-state index contributed by atoms with van der Waals surface area (Å²) in [6.45, 7) is 0. The topological polar surface area (TPSA) is 63.6 Å². The number of rotatable bonds is 5. The zero-order valence-corrected chi connectivity index (χ0v) is 10.3. The molecular weight excluding hydrogens is 284 g/mol. The monoisotopic (exact) mass is 294 g/mol. The van der Waals surface area contributed by atoms with Gasteiger partial charge in [0.2, 0.25) is 0 Å². The standard InChI is InChI=1S/C12H10F4O4/c1-20-12(19)7-10(15)8(13)5(9(14)11(7)16)3-2-4-6(17)18/h2-4H2,1H3,(H,17,18). The van der Waals surface area contributed by atoms with Gasteiger partial charge in [-0.05, 0) is 12.8 Å². The lowest BCUT2D eigenvalue weighted by Gasteiger charge is -2.10. The van der Waals surface area contributed by atoms with Crippen LogP contribution in [0.25, 0.3) is 0 Å². The van der Waals surface area contributed by atoms with Crippen LogP contribution in [-0.4, -0.2) is 24.2 Å². The molecule has 0 bridgehead atoms. The van der Waals surface area contributed by atoms with Crippen LogP contribution in [0.3, 0.4) is 0 Å². The van der Waals surface area contributed by atoms with E-state index < -0.39 is 59.2 Å². The lowest BCUT2D eigenvalue weighted by atomic mass is 10.0. The summed E-state index contributed by atoms with van der Waals surface area (Å²) in [5.74, 6) is -9.93. The van der Waals surface area contributed by atoms with Crippen molar-refractivity contribution in [1.29, 1.82) is 0 Å². The number of ether oxygens (including phenoxy) is 1. The second-order valence-electron chi connectivity index (χ2n) is 3.85. The quantitative estimate of drug-likeness (QED) is 0.514. The van der Waals surface area contributed by atoms with Crippen molar-refractivity contribution in [2.24, 2.45) is 0 Å². The highest BCUT2D eigenvalue weighted by molar-refractivity contribution is 5.90. The Balaban J connectivity index is 3.22. The molecular formula is C12H10F4O4. The summed E-state index contributed by atoms with van der Waals surface area (Å²) in [6.07, 6.45) is -1.14. The molecule has 0 unspecified atom stereocenters. The first-order valence-corrected chi connectivity index (χ1v) is 5.46. The predicted octanol–water partition coefficient (Wildman–Crippen LogP) is 2.44. The molecule has 0 aliphatic rings. The molecule has 1 aromatic rings. The van der Waals surface area contributed by atoms with Gasteiger partial charge in [0.05, 0.1) is 7.11 Å². The summed E-state index contributed by atoms with van der Waals surface area (Å²) in [7, 11) is 0.803. The summed E-state index contributed by atoms with van der Waals surface area (Å²) in [5.41, 5.74) is -2.39. The van der Waals surface area contributed by atoms with Crippen LogP contribution < -0.4 is 0 Å². The molecule has 0 aliphatic carbocycles. The van der Waals surface area contributed by atoms with Gasteiger partial charge in [-0.25, -0.2) is 22.4 Å². The molecule has 0 saturated carbocycles. The van der Waals surface area contributed by atoms with Crippen molar-refractivity contribution in [3.63, 3.8) is 0 Å². The van der Waals surface area contributed by atoms with E-state index in [1.807, 2.05) is 0 Å². The Morgan fingerprint density at radius 1 is 1.05 bits per heavy atom. The van der Waals surface area contributed by atoms with E-state index >= 15 is 0 Å². The van der Waals surface area contributed by atoms with E-state index in [-0.39, 0.29) is 6.42 Å². The maximum atomic E-state index is 13.6. The molecule has 1 N–H and O–H groups in total. The third-order valence-electron chi connectivity index (χ3n) is 2.56. The predicted molar refractivity (Wildman–Crippen MR) is 58.2 cm³/mol. The molecule has 0 fully saturated rings. The van der Waals surface area contributed by atoms with E-state index in [0.29, 0.717) is 0 Å². The van der Waals surface area contributed by atoms with E-state index in [4.69, 9.17) is 5.11 Å². The first-order valence-electron chi connectivity index (χ1n) is 5.46. The Morgan fingerprint density at radius 2 is 1.55 bits per heavy atom. The fraction of sp³-hybridized carbons (Fsp3) is 0.333. The summed E-state index contributed by atoms with van der Waals surface area (Å²) in [4.78, 5) is 21.3. The van der Waals surface area contributed by atoms with Crippen molar-refractivity contribution in [2.75, 3.05) is 7.11 Å². The molecule has 0 spiro atoms. The molecule has 0 amide bonds. The van der Waals surface area contributed by atoms with Gasteiger partial charge in [-0.2, -0.15) is 0 Å². The third kappa shape index (κ3) is 3.06. The van der Waals surface area contributed by atoms with Gasteiger partial charge < -0.3 is 9.84 Å². The normalized spacial score (nSPS) is 10.4. The first-order chi connectivity index (χ1) is 9.31. The number of aliphatic carboxylic acids is 1. The number of carboxylic acid groups (broad SMARTS) is 1. The molecule has 0 heterocycles. The van der Waals surface area contributed by atoms with Crippen molar-refractivity contribution in [3.05, 3.63) is 34.4 Å². The Labute approximate surface area is 111 Å². The molecule has 0 saturated heterocycles. The number of carboxylic acids is 1. The number of esters is 1. The van der Waals surface area contributed by atoms with Crippen LogP contribution in [0.15, 0.2) is 0 Å². The zero-order chi connectivity index (χ0) is 15.4. The van der Waals surface area contributed by atoms with Crippen LogP contribution in [-0.2, 0) is 16.0 Å². The van der Waals surface area contributed by atoms with Crippen LogP contribution >= 0.6 is 0 Å². The molecule has 0 atom stereocenters. The average molecular weight is 294 g/mol. The number of carbonyl (C=O) groups excluding carboxylic acids is 1. The maximum absolute atomic E-state index is 13.6. The molecule has 8 heteroatoms. The Kier molecular flexibility index (Phi) is 5.06. The molecule has 0 radical (unpaired) electrons. The maximum Gasteiger partial charge on any atom is 0.344 e. The number of methoxy groups -OCH3 is 1. The lowest BCUT2D eigenvalue weighted by Crippen LogP contribution is -2.15. The highest BCUT2D eigenvalue weighted by Crippen LogP contribution is 2.26. The second-order valence-corrected chi connectivity index (χ2v) is 3.85. The largest absolute Gasteiger partial charge is 0.481 e. The Bertz CT molecular complexity index is 528. The molecule has 20 heavy (non-hydrogen) atoms. The average Bonchev–Trinajstić information content (AvgIpc) is 2.40. The number of hydrogen-bond acceptors (Lipinski definition) is 3. The van der Waals surface area contributed by atoms with Gasteiger partial charge in [-0.3, -0.25) is 4.79 Å². The van der Waals surface area contributed by atoms with Crippen molar-refractivity contribution in [3.8, 4) is 0 Å². The minimum atomic E-state index is -1.86. The zero-order valence-electron chi connectivity index (χ0n) is 10.3. The van der Waals surface area contributed by atoms with Crippen LogP contribution in [0.1, 0.15) is 28.8 Å². The van der Waals surface area contributed by atoms with Gasteiger partial charge in [-0.1, -0.05) is 0 Å². The number of benzene rings is 1. The highest BCUT2D eigenvalue weighted by atomic mass is 19.2. The van der Waals surface area contributed by atoms with E-state index in [9.17, 15) is 27.2 Å². The van der Waals surface area contributed by atoms with Gasteiger partial charge >= 0.3 is 11.9 Å². The molecule has 1 rings (SSSR count). The van der Waals surface area contributed by atoms with Gasteiger partial charge in [-0.15, -0.1) is 0 Å².